The molecule has 3 rings (SSSR count). The van der Waals surface area contributed by atoms with Gasteiger partial charge in [0, 0.05) is 17.3 Å². The average molecular weight is 406 g/mol. The van der Waals surface area contributed by atoms with Crippen molar-refractivity contribution in [2.75, 3.05) is 6.54 Å². The summed E-state index contributed by atoms with van der Waals surface area (Å²) in [6.45, 7) is 2.54. The van der Waals surface area contributed by atoms with Crippen LogP contribution in [0, 0.1) is 0 Å². The van der Waals surface area contributed by atoms with Crippen molar-refractivity contribution in [3.05, 3.63) is 57.5 Å². The highest BCUT2D eigenvalue weighted by Gasteiger charge is 2.12. The van der Waals surface area contributed by atoms with Crippen LogP contribution in [0.2, 0.25) is 5.02 Å². The molecule has 1 amide bonds. The maximum atomic E-state index is 12.5. The molecule has 142 valence electrons. The van der Waals surface area contributed by atoms with Gasteiger partial charge >= 0.3 is 5.69 Å². The van der Waals surface area contributed by atoms with Crippen LogP contribution in [0.4, 0.5) is 0 Å². The minimum atomic E-state index is -0.426. The largest absolute Gasteiger partial charge is 0.367 e. The number of nitrogens with zero attached hydrogens (tertiary/aromatic N) is 4. The molecule has 1 aromatic carbocycles. The number of amides is 1. The molecule has 0 radical (unpaired) electrons. The van der Waals surface area contributed by atoms with Gasteiger partial charge in [-0.05, 0) is 36.2 Å². The lowest BCUT2D eigenvalue weighted by Crippen LogP contribution is -2.33. The molecule has 0 aliphatic heterocycles. The van der Waals surface area contributed by atoms with E-state index in [4.69, 9.17) is 11.6 Å². The average Bonchev–Trinajstić information content (AvgIpc) is 2.97. The fraction of sp³-hybridized carbons (Fsp3) is 0.333. The number of unbranched alkanes of at least 4 members (excludes halogenated alkanes) is 1. The van der Waals surface area contributed by atoms with Gasteiger partial charge in [-0.3, -0.25) is 4.79 Å². The summed E-state index contributed by atoms with van der Waals surface area (Å²) in [5.74, 6) is 0.476. The zero-order chi connectivity index (χ0) is 19.2. The van der Waals surface area contributed by atoms with Crippen LogP contribution in [0.1, 0.15) is 25.3 Å². The minimum absolute atomic E-state index is 0.112. The third kappa shape index (κ3) is 5.11. The van der Waals surface area contributed by atoms with Gasteiger partial charge in [-0.25, -0.2) is 9.48 Å². The van der Waals surface area contributed by atoms with Gasteiger partial charge in [0.25, 0.3) is 0 Å². The van der Waals surface area contributed by atoms with Gasteiger partial charge in [0.05, 0.1) is 0 Å². The highest BCUT2D eigenvalue weighted by molar-refractivity contribution is 7.98. The Balaban J connectivity index is 1.69. The van der Waals surface area contributed by atoms with Crippen LogP contribution in [-0.4, -0.2) is 31.8 Å². The highest BCUT2D eigenvalue weighted by Crippen LogP contribution is 2.21. The summed E-state index contributed by atoms with van der Waals surface area (Å²) in [7, 11) is 0. The second kappa shape index (κ2) is 9.05. The molecule has 0 unspecified atom stereocenters. The van der Waals surface area contributed by atoms with E-state index in [0.717, 1.165) is 23.1 Å². The standard InChI is InChI=1S/C18H20ClN5O2S/c1-2-3-10-20-16(25)11-23-18(26)24-15(21-23)8-9-17(22-24)27-12-13-4-6-14(19)7-5-13/h4-9H,2-3,10-12H2,1H3,(H,20,25). The van der Waals surface area contributed by atoms with Crippen LogP contribution < -0.4 is 11.0 Å². The molecule has 2 aromatic heterocycles. The molecule has 0 fully saturated rings. The molecule has 2 heterocycles. The molecule has 0 aliphatic rings. The van der Waals surface area contributed by atoms with E-state index in [1.807, 2.05) is 37.3 Å². The third-order valence-corrected chi connectivity index (χ3v) is 5.10. The van der Waals surface area contributed by atoms with Gasteiger partial charge in [-0.15, -0.1) is 5.10 Å². The first-order chi connectivity index (χ1) is 13.1. The Labute approximate surface area is 165 Å². The maximum absolute atomic E-state index is 12.5. The molecule has 0 saturated carbocycles. The van der Waals surface area contributed by atoms with Crippen molar-refractivity contribution in [2.24, 2.45) is 0 Å². The molecule has 7 nitrogen and oxygen atoms in total. The predicted octanol–water partition coefficient (Wildman–Crippen LogP) is 2.75. The molecule has 0 atom stereocenters. The number of rotatable bonds is 8. The van der Waals surface area contributed by atoms with E-state index in [9.17, 15) is 9.59 Å². The lowest BCUT2D eigenvalue weighted by Gasteiger charge is -2.02. The number of carbonyl (C=O) groups excluding carboxylic acids is 1. The number of aromatic nitrogens is 4. The molecular formula is C18H20ClN5O2S. The van der Waals surface area contributed by atoms with E-state index >= 15 is 0 Å². The molecule has 0 bridgehead atoms. The van der Waals surface area contributed by atoms with Crippen LogP contribution in [0.25, 0.3) is 5.65 Å². The molecule has 9 heteroatoms. The summed E-state index contributed by atoms with van der Waals surface area (Å²) in [4.78, 5) is 24.4. The molecular weight excluding hydrogens is 386 g/mol. The Kier molecular flexibility index (Phi) is 6.52. The SMILES string of the molecule is CCCCNC(=O)Cn1nc2ccc(SCc3ccc(Cl)cc3)nn2c1=O. The van der Waals surface area contributed by atoms with Crippen molar-refractivity contribution in [3.63, 3.8) is 0 Å². The molecule has 0 aliphatic carbocycles. The van der Waals surface area contributed by atoms with Crippen molar-refractivity contribution in [1.82, 2.24) is 24.7 Å². The van der Waals surface area contributed by atoms with Gasteiger partial charge in [-0.2, -0.15) is 9.61 Å². The molecule has 0 spiro atoms. The van der Waals surface area contributed by atoms with Gasteiger partial charge in [0.1, 0.15) is 11.6 Å². The van der Waals surface area contributed by atoms with Crippen LogP contribution in [-0.2, 0) is 17.1 Å². The quantitative estimate of drug-likeness (QED) is 0.460. The molecule has 0 saturated heterocycles. The lowest BCUT2D eigenvalue weighted by molar-refractivity contribution is -0.121. The highest BCUT2D eigenvalue weighted by atomic mass is 35.5. The van der Waals surface area contributed by atoms with E-state index in [1.54, 1.807) is 6.07 Å². The molecule has 27 heavy (non-hydrogen) atoms. The number of hydrogen-bond donors (Lipinski definition) is 1. The Morgan fingerprint density at radius 1 is 1.19 bits per heavy atom. The Bertz CT molecular complexity index is 984. The van der Waals surface area contributed by atoms with Crippen molar-refractivity contribution >= 4 is 34.9 Å². The van der Waals surface area contributed by atoms with E-state index in [1.165, 1.54) is 16.3 Å². The number of benzene rings is 1. The van der Waals surface area contributed by atoms with E-state index in [0.29, 0.717) is 28.0 Å². The van der Waals surface area contributed by atoms with Gasteiger partial charge < -0.3 is 5.32 Å². The third-order valence-electron chi connectivity index (χ3n) is 3.86. The van der Waals surface area contributed by atoms with Gasteiger partial charge in [0.2, 0.25) is 5.91 Å². The molecule has 1 N–H and O–H groups in total. The van der Waals surface area contributed by atoms with Crippen LogP contribution in [0.5, 0.6) is 0 Å². The lowest BCUT2D eigenvalue weighted by atomic mass is 10.2. The zero-order valence-corrected chi connectivity index (χ0v) is 16.5. The van der Waals surface area contributed by atoms with Crippen molar-refractivity contribution in [2.45, 2.75) is 37.1 Å². The first-order valence-electron chi connectivity index (χ1n) is 8.67. The monoisotopic (exact) mass is 405 g/mol. The van der Waals surface area contributed by atoms with Crippen molar-refractivity contribution in [3.8, 4) is 0 Å². The first-order valence-corrected chi connectivity index (χ1v) is 10.0. The second-order valence-corrected chi connectivity index (χ2v) is 7.43. The summed E-state index contributed by atoms with van der Waals surface area (Å²) in [5, 5.41) is 12.7. The predicted molar refractivity (Wildman–Crippen MR) is 106 cm³/mol. The summed E-state index contributed by atoms with van der Waals surface area (Å²) < 4.78 is 2.36. The summed E-state index contributed by atoms with van der Waals surface area (Å²) in [5.41, 5.74) is 1.10. The summed E-state index contributed by atoms with van der Waals surface area (Å²) >= 11 is 7.40. The van der Waals surface area contributed by atoms with E-state index < -0.39 is 5.69 Å². The first kappa shape index (κ1) is 19.4. The number of nitrogens with one attached hydrogen (secondary N) is 1. The number of fused-ring (bicyclic) bond motifs is 1. The van der Waals surface area contributed by atoms with Crippen LogP contribution in [0.3, 0.4) is 0 Å². The number of halogens is 1. The Morgan fingerprint density at radius 3 is 2.70 bits per heavy atom. The fourth-order valence-electron chi connectivity index (χ4n) is 2.41. The maximum Gasteiger partial charge on any atom is 0.367 e. The van der Waals surface area contributed by atoms with Crippen molar-refractivity contribution in [1.29, 1.82) is 0 Å². The normalized spacial score (nSPS) is 11.0. The van der Waals surface area contributed by atoms with Gasteiger partial charge in [0.15, 0.2) is 5.65 Å². The Morgan fingerprint density at radius 2 is 1.96 bits per heavy atom. The number of carbonyl (C=O) groups is 1. The van der Waals surface area contributed by atoms with Gasteiger partial charge in [-0.1, -0.05) is 48.8 Å². The van der Waals surface area contributed by atoms with E-state index in [2.05, 4.69) is 15.5 Å². The fourth-order valence-corrected chi connectivity index (χ4v) is 3.34. The Hall–Kier alpha value is -2.32. The zero-order valence-electron chi connectivity index (χ0n) is 14.9. The van der Waals surface area contributed by atoms with Crippen LogP contribution in [0.15, 0.2) is 46.2 Å². The number of hydrogen-bond acceptors (Lipinski definition) is 5. The summed E-state index contributed by atoms with van der Waals surface area (Å²) in [6, 6.07) is 11.1. The minimum Gasteiger partial charge on any atom is -0.354 e. The van der Waals surface area contributed by atoms with Crippen LogP contribution >= 0.6 is 23.4 Å². The number of thioether (sulfide) groups is 1. The molecule has 3 aromatic rings. The second-order valence-electron chi connectivity index (χ2n) is 6.00. The summed E-state index contributed by atoms with van der Waals surface area (Å²) in [6.07, 6.45) is 1.90. The smallest absolute Gasteiger partial charge is 0.354 e. The van der Waals surface area contributed by atoms with Crippen molar-refractivity contribution < 1.29 is 4.79 Å². The topological polar surface area (TPSA) is 81.3 Å². The van der Waals surface area contributed by atoms with E-state index in [-0.39, 0.29) is 12.5 Å².